The van der Waals surface area contributed by atoms with E-state index in [2.05, 4.69) is 10.1 Å². The van der Waals surface area contributed by atoms with Crippen LogP contribution in [-0.2, 0) is 16.4 Å². The van der Waals surface area contributed by atoms with Gasteiger partial charge in [-0.1, -0.05) is 13.0 Å². The fourth-order valence-electron chi connectivity index (χ4n) is 4.13. The van der Waals surface area contributed by atoms with Crippen LogP contribution in [-0.4, -0.2) is 47.5 Å². The standard InChI is InChI=1S/C21H26N4O4S/c1-5-16-14(3)22-20-11-17(23-25(20)21(16)26)15-8-9-24(12-15)30(27,28)19-10-13(2)6-7-18(19)29-4/h6-7,10-11,15,23H,5,8-9,12H2,1-4H3/t15-/m0/s1. The van der Waals surface area contributed by atoms with Gasteiger partial charge in [0.15, 0.2) is 5.65 Å². The maximum atomic E-state index is 13.3. The number of aromatic nitrogens is 3. The van der Waals surface area contributed by atoms with Gasteiger partial charge in [-0.15, -0.1) is 0 Å². The smallest absolute Gasteiger partial charge is 0.276 e. The van der Waals surface area contributed by atoms with Gasteiger partial charge in [-0.05, 0) is 44.4 Å². The van der Waals surface area contributed by atoms with Crippen molar-refractivity contribution >= 4 is 15.7 Å². The molecule has 0 aliphatic carbocycles. The highest BCUT2D eigenvalue weighted by molar-refractivity contribution is 7.89. The van der Waals surface area contributed by atoms with Crippen LogP contribution in [0, 0.1) is 13.8 Å². The summed E-state index contributed by atoms with van der Waals surface area (Å²) in [5.41, 5.74) is 3.55. The second-order valence-corrected chi connectivity index (χ2v) is 9.65. The van der Waals surface area contributed by atoms with Gasteiger partial charge in [0.25, 0.3) is 5.56 Å². The van der Waals surface area contributed by atoms with Gasteiger partial charge in [-0.3, -0.25) is 9.89 Å². The topological polar surface area (TPSA) is 96.8 Å². The summed E-state index contributed by atoms with van der Waals surface area (Å²) >= 11 is 0. The normalized spacial score (nSPS) is 17.7. The molecule has 1 saturated heterocycles. The number of aryl methyl sites for hydroxylation is 2. The van der Waals surface area contributed by atoms with E-state index in [1.165, 1.54) is 15.9 Å². The summed E-state index contributed by atoms with van der Waals surface area (Å²) in [6, 6.07) is 7.00. The third kappa shape index (κ3) is 3.31. The zero-order valence-electron chi connectivity index (χ0n) is 17.6. The lowest BCUT2D eigenvalue weighted by molar-refractivity contribution is 0.398. The van der Waals surface area contributed by atoms with Crippen LogP contribution in [0.15, 0.2) is 34.0 Å². The van der Waals surface area contributed by atoms with E-state index in [1.807, 2.05) is 32.9 Å². The van der Waals surface area contributed by atoms with Gasteiger partial charge in [0.1, 0.15) is 10.6 Å². The Balaban J connectivity index is 1.66. The summed E-state index contributed by atoms with van der Waals surface area (Å²) in [6.07, 6.45) is 1.28. The molecule has 8 nitrogen and oxygen atoms in total. The number of rotatable bonds is 5. The largest absolute Gasteiger partial charge is 0.495 e. The minimum absolute atomic E-state index is 0.0398. The number of ether oxygens (including phenoxy) is 1. The Hall–Kier alpha value is -2.65. The van der Waals surface area contributed by atoms with Crippen LogP contribution in [0.4, 0.5) is 0 Å². The van der Waals surface area contributed by atoms with Gasteiger partial charge in [-0.25, -0.2) is 17.9 Å². The van der Waals surface area contributed by atoms with Crippen molar-refractivity contribution in [2.24, 2.45) is 0 Å². The number of fused-ring (bicyclic) bond motifs is 1. The van der Waals surface area contributed by atoms with E-state index in [0.29, 0.717) is 42.9 Å². The lowest BCUT2D eigenvalue weighted by atomic mass is 10.1. The lowest BCUT2D eigenvalue weighted by Crippen LogP contribution is -2.29. The van der Waals surface area contributed by atoms with Crippen molar-refractivity contribution in [2.75, 3.05) is 20.2 Å². The number of hydrogen-bond acceptors (Lipinski definition) is 5. The molecular weight excluding hydrogens is 404 g/mol. The number of sulfonamides is 1. The number of nitrogens with one attached hydrogen (secondary N) is 1. The average molecular weight is 431 g/mol. The van der Waals surface area contributed by atoms with Gasteiger partial charge in [0.2, 0.25) is 10.0 Å². The second-order valence-electron chi connectivity index (χ2n) is 7.74. The first-order valence-electron chi connectivity index (χ1n) is 10.0. The molecule has 0 spiro atoms. The van der Waals surface area contributed by atoms with Crippen LogP contribution in [0.1, 0.15) is 41.8 Å². The summed E-state index contributed by atoms with van der Waals surface area (Å²) in [7, 11) is -2.22. The zero-order valence-corrected chi connectivity index (χ0v) is 18.4. The van der Waals surface area contributed by atoms with Crippen molar-refractivity contribution in [2.45, 2.75) is 44.4 Å². The first-order valence-corrected chi connectivity index (χ1v) is 11.5. The van der Waals surface area contributed by atoms with E-state index in [9.17, 15) is 13.2 Å². The van der Waals surface area contributed by atoms with E-state index in [1.54, 1.807) is 12.1 Å². The van der Waals surface area contributed by atoms with Crippen LogP contribution in [0.5, 0.6) is 5.75 Å². The van der Waals surface area contributed by atoms with Crippen LogP contribution >= 0.6 is 0 Å². The fourth-order valence-corrected chi connectivity index (χ4v) is 5.87. The molecule has 9 heteroatoms. The fraction of sp³-hybridized carbons (Fsp3) is 0.429. The predicted octanol–water partition coefficient (Wildman–Crippen LogP) is 2.39. The highest BCUT2D eigenvalue weighted by Crippen LogP contribution is 2.34. The quantitative estimate of drug-likeness (QED) is 0.670. The summed E-state index contributed by atoms with van der Waals surface area (Å²) in [6.45, 7) is 6.36. The van der Waals surface area contributed by atoms with E-state index < -0.39 is 10.0 Å². The molecule has 160 valence electrons. The lowest BCUT2D eigenvalue weighted by Gasteiger charge is -2.18. The molecule has 4 rings (SSSR count). The number of methoxy groups -OCH3 is 1. The Labute approximate surface area is 175 Å². The first-order chi connectivity index (χ1) is 14.3. The molecule has 1 aliphatic rings. The number of benzene rings is 1. The number of aromatic amines is 1. The molecule has 30 heavy (non-hydrogen) atoms. The van der Waals surface area contributed by atoms with Crippen LogP contribution < -0.4 is 10.3 Å². The molecule has 0 unspecified atom stereocenters. The monoisotopic (exact) mass is 430 g/mol. The number of H-pyrrole nitrogens is 1. The highest BCUT2D eigenvalue weighted by Gasteiger charge is 2.35. The zero-order chi connectivity index (χ0) is 21.6. The molecule has 0 amide bonds. The van der Waals surface area contributed by atoms with E-state index in [-0.39, 0.29) is 16.4 Å². The Kier molecular flexibility index (Phi) is 5.19. The van der Waals surface area contributed by atoms with Gasteiger partial charge in [0.05, 0.1) is 7.11 Å². The Morgan fingerprint density at radius 3 is 2.73 bits per heavy atom. The van der Waals surface area contributed by atoms with Crippen molar-refractivity contribution in [3.63, 3.8) is 0 Å². The first kappa shape index (κ1) is 20.6. The van der Waals surface area contributed by atoms with E-state index in [0.717, 1.165) is 17.0 Å². The van der Waals surface area contributed by atoms with E-state index in [4.69, 9.17) is 4.74 Å². The van der Waals surface area contributed by atoms with Gasteiger partial charge < -0.3 is 4.74 Å². The molecule has 2 aromatic heterocycles. The molecule has 1 aromatic carbocycles. The Morgan fingerprint density at radius 2 is 2.03 bits per heavy atom. The van der Waals surface area contributed by atoms with Crippen molar-refractivity contribution < 1.29 is 13.2 Å². The van der Waals surface area contributed by atoms with Gasteiger partial charge in [-0.2, -0.15) is 4.31 Å². The third-order valence-electron chi connectivity index (χ3n) is 5.82. The van der Waals surface area contributed by atoms with Crippen molar-refractivity contribution in [3.8, 4) is 5.75 Å². The minimum Gasteiger partial charge on any atom is -0.495 e. The van der Waals surface area contributed by atoms with Crippen molar-refractivity contribution in [1.29, 1.82) is 0 Å². The van der Waals surface area contributed by atoms with E-state index >= 15 is 0 Å². The highest BCUT2D eigenvalue weighted by atomic mass is 32.2. The maximum absolute atomic E-state index is 13.3. The number of nitrogens with zero attached hydrogens (tertiary/aromatic N) is 3. The Bertz CT molecular complexity index is 1280. The third-order valence-corrected chi connectivity index (χ3v) is 7.70. The summed E-state index contributed by atoms with van der Waals surface area (Å²) in [4.78, 5) is 17.4. The molecule has 1 fully saturated rings. The second kappa shape index (κ2) is 7.55. The summed E-state index contributed by atoms with van der Waals surface area (Å²) < 4.78 is 34.8. The van der Waals surface area contributed by atoms with Crippen LogP contribution in [0.2, 0.25) is 0 Å². The molecule has 0 saturated carbocycles. The molecule has 3 aromatic rings. The minimum atomic E-state index is -3.69. The van der Waals surface area contributed by atoms with Crippen molar-refractivity contribution in [1.82, 2.24) is 18.9 Å². The molecule has 1 N–H and O–H groups in total. The summed E-state index contributed by atoms with van der Waals surface area (Å²) in [5, 5.41) is 3.15. The maximum Gasteiger partial charge on any atom is 0.276 e. The van der Waals surface area contributed by atoms with Crippen LogP contribution in [0.25, 0.3) is 5.65 Å². The molecule has 1 atom stereocenters. The van der Waals surface area contributed by atoms with Gasteiger partial charge in [0, 0.05) is 42.0 Å². The molecule has 3 heterocycles. The Morgan fingerprint density at radius 1 is 1.27 bits per heavy atom. The average Bonchev–Trinajstić information content (AvgIpc) is 3.36. The molecular formula is C21H26N4O4S. The SMILES string of the molecule is CCc1c(C)nc2cc([C@H]3CCN(S(=O)(=O)c4cc(C)ccc4OC)C3)[nH]n2c1=O. The number of hydrogen-bond donors (Lipinski definition) is 1. The summed E-state index contributed by atoms with van der Waals surface area (Å²) in [5.74, 6) is 0.301. The van der Waals surface area contributed by atoms with Crippen molar-refractivity contribution in [3.05, 3.63) is 57.1 Å². The van der Waals surface area contributed by atoms with Gasteiger partial charge >= 0.3 is 0 Å². The van der Waals surface area contributed by atoms with Crippen LogP contribution in [0.3, 0.4) is 0 Å². The molecule has 1 aliphatic heterocycles. The molecule has 0 radical (unpaired) electrons. The predicted molar refractivity (Wildman–Crippen MR) is 114 cm³/mol. The molecule has 0 bridgehead atoms.